The Kier molecular flexibility index (Phi) is 12.7. The Morgan fingerprint density at radius 2 is 1.21 bits per heavy atom. The molecule has 0 aliphatic carbocycles. The number of rotatable bonds is 8. The molecule has 0 saturated carbocycles. The monoisotopic (exact) mass is 776 g/mol. The average molecular weight is 777 g/mol. The number of benzene rings is 4. The van der Waals surface area contributed by atoms with Gasteiger partial charge in [-0.1, -0.05) is 97.1 Å². The number of hydrogen-bond acceptors (Lipinski definition) is 5. The molecule has 2 heterocycles. The first-order chi connectivity index (χ1) is 22.8. The molecule has 0 unspecified atom stereocenters. The molecule has 1 saturated heterocycles. The standard InChI is InChI=1S/C41H46O5P.HI/c1-41(2,3)40(42)46-35-26-16-17-27-36-38(30-43-39(45-36)31-18-8-4-9-19-31)44-37(35)28-29-47(32-20-10-5-11-21-32,33-22-12-6-13-23-33)34-24-14-7-15-25-34;/h4-25,35-39H,26-30H2,1-3H3;1H/q+1;/p-1/b17-16-;/t35-,36+,37+,38-,39-;/m1./s1. The van der Waals surface area contributed by atoms with Gasteiger partial charge in [-0.3, -0.25) is 4.79 Å². The Labute approximate surface area is 303 Å². The summed E-state index contributed by atoms with van der Waals surface area (Å²) in [5, 5.41) is 3.95. The summed E-state index contributed by atoms with van der Waals surface area (Å²) in [5.41, 5.74) is 0.357. The average Bonchev–Trinajstić information content (AvgIpc) is 3.19. The van der Waals surface area contributed by atoms with Gasteiger partial charge in [-0.2, -0.15) is 0 Å². The third-order valence-electron chi connectivity index (χ3n) is 9.08. The van der Waals surface area contributed by atoms with E-state index >= 15 is 0 Å². The second-order valence-corrected chi connectivity index (χ2v) is 17.0. The predicted molar refractivity (Wildman–Crippen MR) is 191 cm³/mol. The Balaban J connectivity index is 0.00000451. The van der Waals surface area contributed by atoms with Crippen LogP contribution in [0, 0.1) is 5.41 Å². The van der Waals surface area contributed by atoms with Crippen LogP contribution in [0.2, 0.25) is 0 Å². The van der Waals surface area contributed by atoms with Crippen LogP contribution >= 0.6 is 7.26 Å². The third kappa shape index (κ3) is 8.46. The van der Waals surface area contributed by atoms with Gasteiger partial charge in [0, 0.05) is 18.4 Å². The fraction of sp³-hybridized carbons (Fsp3) is 0.341. The summed E-state index contributed by atoms with van der Waals surface area (Å²) in [5.74, 6) is -0.226. The van der Waals surface area contributed by atoms with Gasteiger partial charge in [0.15, 0.2) is 6.29 Å². The highest BCUT2D eigenvalue weighted by Gasteiger charge is 2.47. The lowest BCUT2D eigenvalue weighted by Gasteiger charge is -2.39. The van der Waals surface area contributed by atoms with Crippen LogP contribution in [-0.4, -0.2) is 43.2 Å². The maximum absolute atomic E-state index is 13.4. The van der Waals surface area contributed by atoms with Crippen LogP contribution < -0.4 is 39.9 Å². The van der Waals surface area contributed by atoms with Crippen LogP contribution in [0.25, 0.3) is 0 Å². The molecule has 4 aromatic carbocycles. The van der Waals surface area contributed by atoms with Crippen molar-refractivity contribution >= 4 is 29.1 Å². The molecule has 0 aromatic heterocycles. The van der Waals surface area contributed by atoms with Gasteiger partial charge >= 0.3 is 5.97 Å². The van der Waals surface area contributed by atoms with Crippen LogP contribution in [0.5, 0.6) is 0 Å². The lowest BCUT2D eigenvalue weighted by molar-refractivity contribution is -0.276. The highest BCUT2D eigenvalue weighted by molar-refractivity contribution is 7.95. The van der Waals surface area contributed by atoms with Gasteiger partial charge < -0.3 is 42.9 Å². The van der Waals surface area contributed by atoms with Crippen molar-refractivity contribution in [1.29, 1.82) is 0 Å². The van der Waals surface area contributed by atoms with Gasteiger partial charge in [-0.15, -0.1) is 0 Å². The van der Waals surface area contributed by atoms with Crippen molar-refractivity contribution in [3.8, 4) is 0 Å². The quantitative estimate of drug-likeness (QED) is 0.114. The van der Waals surface area contributed by atoms with Crippen molar-refractivity contribution in [2.45, 2.75) is 70.7 Å². The van der Waals surface area contributed by atoms with Gasteiger partial charge in [0.25, 0.3) is 0 Å². The molecule has 252 valence electrons. The molecular weight excluding hydrogens is 730 g/mol. The summed E-state index contributed by atoms with van der Waals surface area (Å²) >= 11 is 0. The van der Waals surface area contributed by atoms with E-state index in [1.54, 1.807) is 0 Å². The smallest absolute Gasteiger partial charge is 0.311 e. The summed E-state index contributed by atoms with van der Waals surface area (Å²) in [7, 11) is -2.14. The first-order valence-corrected chi connectivity index (χ1v) is 18.7. The van der Waals surface area contributed by atoms with E-state index < -0.39 is 25.1 Å². The van der Waals surface area contributed by atoms with Crippen molar-refractivity contribution in [3.05, 3.63) is 139 Å². The molecule has 0 amide bonds. The Bertz CT molecular complexity index is 1500. The number of esters is 1. The van der Waals surface area contributed by atoms with E-state index in [0.29, 0.717) is 25.9 Å². The Morgan fingerprint density at radius 3 is 1.73 bits per heavy atom. The van der Waals surface area contributed by atoms with Crippen molar-refractivity contribution in [2.24, 2.45) is 5.41 Å². The lowest BCUT2D eigenvalue weighted by Crippen LogP contribution is -3.00. The molecule has 48 heavy (non-hydrogen) atoms. The summed E-state index contributed by atoms with van der Waals surface area (Å²) in [6.07, 6.45) is 5.30. The van der Waals surface area contributed by atoms with E-state index in [4.69, 9.17) is 18.9 Å². The zero-order valence-electron chi connectivity index (χ0n) is 28.0. The van der Waals surface area contributed by atoms with E-state index in [0.717, 1.165) is 11.7 Å². The normalized spacial score (nSPS) is 23.7. The molecule has 4 aromatic rings. The van der Waals surface area contributed by atoms with Crippen molar-refractivity contribution in [2.75, 3.05) is 12.8 Å². The fourth-order valence-electron chi connectivity index (χ4n) is 6.51. The number of hydrogen-bond donors (Lipinski definition) is 0. The van der Waals surface area contributed by atoms with Crippen LogP contribution in [0.3, 0.4) is 0 Å². The van der Waals surface area contributed by atoms with Gasteiger partial charge in [0.1, 0.15) is 35.4 Å². The molecule has 0 N–H and O–H groups in total. The van der Waals surface area contributed by atoms with E-state index in [2.05, 4.69) is 103 Å². The summed E-state index contributed by atoms with van der Waals surface area (Å²) in [6.45, 7) is 6.09. The van der Waals surface area contributed by atoms with Crippen molar-refractivity contribution in [3.63, 3.8) is 0 Å². The van der Waals surface area contributed by atoms with E-state index in [9.17, 15) is 4.79 Å². The van der Waals surface area contributed by atoms with Crippen LogP contribution in [0.15, 0.2) is 133 Å². The van der Waals surface area contributed by atoms with Crippen molar-refractivity contribution in [1.82, 2.24) is 0 Å². The zero-order valence-corrected chi connectivity index (χ0v) is 31.0. The molecule has 2 aliphatic heterocycles. The van der Waals surface area contributed by atoms with Crippen LogP contribution in [-0.2, 0) is 23.7 Å². The first kappa shape index (κ1) is 36.4. The maximum atomic E-state index is 13.4. The number of fused-ring (bicyclic) bond motifs is 1. The molecule has 0 spiro atoms. The van der Waals surface area contributed by atoms with Gasteiger partial charge in [-0.05, 0) is 63.6 Å². The minimum absolute atomic E-state index is 0. The number of ether oxygens (including phenoxy) is 4. The van der Waals surface area contributed by atoms with Crippen molar-refractivity contribution < 1.29 is 47.7 Å². The molecule has 1 fully saturated rings. The largest absolute Gasteiger partial charge is 1.00 e. The molecule has 0 radical (unpaired) electrons. The molecule has 2 aliphatic rings. The minimum Gasteiger partial charge on any atom is -1.00 e. The molecule has 5 nitrogen and oxygen atoms in total. The molecule has 0 bridgehead atoms. The minimum atomic E-state index is -2.14. The molecular formula is C41H46IO5P. The second kappa shape index (κ2) is 16.7. The zero-order chi connectivity index (χ0) is 32.7. The summed E-state index contributed by atoms with van der Waals surface area (Å²) in [6, 6.07) is 42.7. The molecule has 5 atom stereocenters. The summed E-state index contributed by atoms with van der Waals surface area (Å²) < 4.78 is 26.2. The van der Waals surface area contributed by atoms with E-state index in [-0.39, 0.29) is 48.3 Å². The first-order valence-electron chi connectivity index (χ1n) is 16.7. The second-order valence-electron chi connectivity index (χ2n) is 13.4. The highest BCUT2D eigenvalue weighted by atomic mass is 127. The summed E-state index contributed by atoms with van der Waals surface area (Å²) in [4.78, 5) is 13.4. The van der Waals surface area contributed by atoms with E-state index in [1.165, 1.54) is 15.9 Å². The third-order valence-corrected chi connectivity index (χ3v) is 13.5. The van der Waals surface area contributed by atoms with Gasteiger partial charge in [0.05, 0.1) is 30.4 Å². The van der Waals surface area contributed by atoms with E-state index in [1.807, 2.05) is 51.1 Å². The molecule has 7 heteroatoms. The SMILES string of the molecule is CC(C)(C)C(=O)O[C@@H]1C/C=C\C[C@@H]2O[C@H](c3ccccc3)OC[C@H]2O[C@H]1CC[P+](c1ccccc1)(c1ccccc1)c1ccccc1.[I-]. The van der Waals surface area contributed by atoms with Crippen LogP contribution in [0.1, 0.15) is 51.9 Å². The Hall–Kier alpha value is -2.87. The number of carbonyl (C=O) groups excluding carboxylic acids is 1. The predicted octanol–water partition coefficient (Wildman–Crippen LogP) is 4.55. The highest BCUT2D eigenvalue weighted by Crippen LogP contribution is 2.56. The number of halogens is 1. The number of carbonyl (C=O) groups is 1. The molecule has 6 rings (SSSR count). The topological polar surface area (TPSA) is 54.0 Å². The van der Waals surface area contributed by atoms with Gasteiger partial charge in [0.2, 0.25) is 0 Å². The van der Waals surface area contributed by atoms with Gasteiger partial charge in [-0.25, -0.2) is 0 Å². The Morgan fingerprint density at radius 1 is 0.708 bits per heavy atom. The lowest BCUT2D eigenvalue weighted by atomic mass is 9.97. The van der Waals surface area contributed by atoms with Crippen LogP contribution in [0.4, 0.5) is 0 Å². The maximum Gasteiger partial charge on any atom is 0.311 e. The fourth-order valence-corrected chi connectivity index (χ4v) is 10.9.